The Hall–Kier alpha value is -0.290. The van der Waals surface area contributed by atoms with E-state index in [1.165, 1.54) is 0 Å². The minimum absolute atomic E-state index is 0.239. The third-order valence-electron chi connectivity index (χ3n) is 3.07. The van der Waals surface area contributed by atoms with E-state index in [0.717, 1.165) is 6.54 Å². The molecule has 1 heterocycles. The SMILES string of the molecule is COC[C@@H](C)CN1CCC(C(F)(F)F)CC1. The number of hydrogen-bond donors (Lipinski definition) is 0. The molecule has 16 heavy (non-hydrogen) atoms. The van der Waals surface area contributed by atoms with E-state index in [9.17, 15) is 13.2 Å². The molecule has 1 fully saturated rings. The Bertz CT molecular complexity index is 200. The Morgan fingerprint density at radius 3 is 2.31 bits per heavy atom. The quantitative estimate of drug-likeness (QED) is 0.747. The van der Waals surface area contributed by atoms with Gasteiger partial charge in [0.15, 0.2) is 0 Å². The topological polar surface area (TPSA) is 12.5 Å². The van der Waals surface area contributed by atoms with Crippen LogP contribution in [-0.4, -0.2) is 44.4 Å². The van der Waals surface area contributed by atoms with E-state index in [4.69, 9.17) is 4.74 Å². The molecule has 0 bridgehead atoms. The van der Waals surface area contributed by atoms with Gasteiger partial charge in [0, 0.05) is 20.3 Å². The Morgan fingerprint density at radius 1 is 1.31 bits per heavy atom. The fourth-order valence-electron chi connectivity index (χ4n) is 2.22. The van der Waals surface area contributed by atoms with Gasteiger partial charge in [0.25, 0.3) is 0 Å². The maximum Gasteiger partial charge on any atom is 0.391 e. The molecular formula is C11H20F3NO. The molecule has 1 saturated heterocycles. The zero-order valence-corrected chi connectivity index (χ0v) is 9.89. The fourth-order valence-corrected chi connectivity index (χ4v) is 2.22. The van der Waals surface area contributed by atoms with Gasteiger partial charge in [-0.3, -0.25) is 0 Å². The van der Waals surface area contributed by atoms with E-state index < -0.39 is 12.1 Å². The molecule has 0 radical (unpaired) electrons. The highest BCUT2D eigenvalue weighted by Crippen LogP contribution is 2.34. The van der Waals surface area contributed by atoms with Gasteiger partial charge in [0.05, 0.1) is 5.92 Å². The van der Waals surface area contributed by atoms with E-state index in [-0.39, 0.29) is 12.8 Å². The summed E-state index contributed by atoms with van der Waals surface area (Å²) in [6.45, 7) is 4.66. The highest BCUT2D eigenvalue weighted by atomic mass is 19.4. The Balaban J connectivity index is 2.27. The van der Waals surface area contributed by atoms with Crippen molar-refractivity contribution in [3.05, 3.63) is 0 Å². The van der Waals surface area contributed by atoms with Gasteiger partial charge < -0.3 is 9.64 Å². The highest BCUT2D eigenvalue weighted by Gasteiger charge is 2.40. The second-order valence-electron chi connectivity index (χ2n) is 4.68. The third-order valence-corrected chi connectivity index (χ3v) is 3.07. The number of piperidine rings is 1. The molecular weight excluding hydrogens is 219 g/mol. The van der Waals surface area contributed by atoms with Crippen LogP contribution in [-0.2, 0) is 4.74 Å². The summed E-state index contributed by atoms with van der Waals surface area (Å²) in [5, 5.41) is 0. The van der Waals surface area contributed by atoms with Crippen LogP contribution in [0, 0.1) is 11.8 Å². The molecule has 0 aromatic carbocycles. The van der Waals surface area contributed by atoms with Crippen molar-refractivity contribution in [3.63, 3.8) is 0 Å². The monoisotopic (exact) mass is 239 g/mol. The van der Waals surface area contributed by atoms with Crippen LogP contribution in [0.25, 0.3) is 0 Å². The number of likely N-dealkylation sites (tertiary alicyclic amines) is 1. The summed E-state index contributed by atoms with van der Waals surface area (Å²) < 4.78 is 42.3. The van der Waals surface area contributed by atoms with Crippen LogP contribution in [0.3, 0.4) is 0 Å². The molecule has 0 N–H and O–H groups in total. The van der Waals surface area contributed by atoms with E-state index in [2.05, 4.69) is 11.8 Å². The minimum Gasteiger partial charge on any atom is -0.384 e. The molecule has 0 aromatic rings. The normalized spacial score (nSPS) is 22.3. The van der Waals surface area contributed by atoms with Crippen LogP contribution < -0.4 is 0 Å². The summed E-state index contributed by atoms with van der Waals surface area (Å²) in [7, 11) is 1.65. The van der Waals surface area contributed by atoms with Crippen LogP contribution in [0.4, 0.5) is 13.2 Å². The molecule has 5 heteroatoms. The lowest BCUT2D eigenvalue weighted by Gasteiger charge is -2.34. The van der Waals surface area contributed by atoms with Gasteiger partial charge >= 0.3 is 6.18 Å². The van der Waals surface area contributed by atoms with Gasteiger partial charge in [0.1, 0.15) is 0 Å². The molecule has 0 aliphatic carbocycles. The number of rotatable bonds is 4. The largest absolute Gasteiger partial charge is 0.391 e. The molecule has 96 valence electrons. The van der Waals surface area contributed by atoms with Gasteiger partial charge in [-0.1, -0.05) is 6.92 Å². The smallest absolute Gasteiger partial charge is 0.384 e. The van der Waals surface area contributed by atoms with Crippen LogP contribution in [0.2, 0.25) is 0 Å². The average Bonchev–Trinajstić information content (AvgIpc) is 2.17. The van der Waals surface area contributed by atoms with Crippen LogP contribution >= 0.6 is 0 Å². The zero-order valence-electron chi connectivity index (χ0n) is 9.89. The summed E-state index contributed by atoms with van der Waals surface area (Å²) in [5.74, 6) is -0.714. The predicted octanol–water partition coefficient (Wildman–Crippen LogP) is 2.54. The number of alkyl halides is 3. The van der Waals surface area contributed by atoms with E-state index in [0.29, 0.717) is 25.6 Å². The fraction of sp³-hybridized carbons (Fsp3) is 1.00. The van der Waals surface area contributed by atoms with Crippen LogP contribution in [0.1, 0.15) is 19.8 Å². The van der Waals surface area contributed by atoms with Gasteiger partial charge in [-0.25, -0.2) is 0 Å². The molecule has 1 rings (SSSR count). The lowest BCUT2D eigenvalue weighted by Crippen LogP contribution is -2.41. The summed E-state index contributed by atoms with van der Waals surface area (Å²) in [6.07, 6.45) is -3.53. The van der Waals surface area contributed by atoms with Crippen molar-refractivity contribution in [1.29, 1.82) is 0 Å². The number of ether oxygens (including phenoxy) is 1. The first kappa shape index (κ1) is 13.8. The van der Waals surface area contributed by atoms with Crippen LogP contribution in [0.5, 0.6) is 0 Å². The summed E-state index contributed by atoms with van der Waals surface area (Å²) in [5.41, 5.74) is 0. The minimum atomic E-state index is -4.01. The first-order valence-electron chi connectivity index (χ1n) is 5.71. The number of hydrogen-bond acceptors (Lipinski definition) is 2. The van der Waals surface area contributed by atoms with Crippen molar-refractivity contribution in [2.45, 2.75) is 25.9 Å². The number of nitrogens with zero attached hydrogens (tertiary/aromatic N) is 1. The lowest BCUT2D eigenvalue weighted by atomic mass is 9.95. The lowest BCUT2D eigenvalue weighted by molar-refractivity contribution is -0.185. The number of halogens is 3. The average molecular weight is 239 g/mol. The molecule has 2 nitrogen and oxygen atoms in total. The Kier molecular flexibility index (Phi) is 5.05. The van der Waals surface area contributed by atoms with Crippen molar-refractivity contribution < 1.29 is 17.9 Å². The molecule has 0 aromatic heterocycles. The molecule has 1 aliphatic heterocycles. The van der Waals surface area contributed by atoms with Gasteiger partial charge in [0.2, 0.25) is 0 Å². The summed E-state index contributed by atoms with van der Waals surface area (Å²) in [6, 6.07) is 0. The van der Waals surface area contributed by atoms with Crippen molar-refractivity contribution >= 4 is 0 Å². The molecule has 0 amide bonds. The standard InChI is InChI=1S/C11H20F3NO/c1-9(8-16-2)7-15-5-3-10(4-6-15)11(12,13)14/h9-10H,3-8H2,1-2H3/t9-/m0/s1. The Morgan fingerprint density at radius 2 is 1.88 bits per heavy atom. The third kappa shape index (κ3) is 4.29. The van der Waals surface area contributed by atoms with E-state index in [1.54, 1.807) is 7.11 Å². The molecule has 0 saturated carbocycles. The van der Waals surface area contributed by atoms with Gasteiger partial charge in [-0.05, 0) is 31.8 Å². The maximum atomic E-state index is 12.4. The van der Waals surface area contributed by atoms with E-state index >= 15 is 0 Å². The predicted molar refractivity (Wildman–Crippen MR) is 56.3 cm³/mol. The molecule has 1 atom stereocenters. The second-order valence-corrected chi connectivity index (χ2v) is 4.68. The summed E-state index contributed by atoms with van der Waals surface area (Å²) >= 11 is 0. The summed E-state index contributed by atoms with van der Waals surface area (Å²) in [4.78, 5) is 2.10. The molecule has 0 spiro atoms. The van der Waals surface area contributed by atoms with E-state index in [1.807, 2.05) is 0 Å². The Labute approximate surface area is 94.8 Å². The first-order valence-corrected chi connectivity index (χ1v) is 5.71. The van der Waals surface area contributed by atoms with Gasteiger partial charge in [-0.15, -0.1) is 0 Å². The van der Waals surface area contributed by atoms with Crippen molar-refractivity contribution in [2.75, 3.05) is 33.4 Å². The van der Waals surface area contributed by atoms with Crippen molar-refractivity contribution in [2.24, 2.45) is 11.8 Å². The highest BCUT2D eigenvalue weighted by molar-refractivity contribution is 4.77. The number of methoxy groups -OCH3 is 1. The van der Waals surface area contributed by atoms with Crippen molar-refractivity contribution in [1.82, 2.24) is 4.90 Å². The van der Waals surface area contributed by atoms with Crippen molar-refractivity contribution in [3.8, 4) is 0 Å². The van der Waals surface area contributed by atoms with Crippen LogP contribution in [0.15, 0.2) is 0 Å². The zero-order chi connectivity index (χ0) is 12.2. The second kappa shape index (κ2) is 5.87. The van der Waals surface area contributed by atoms with Gasteiger partial charge in [-0.2, -0.15) is 13.2 Å². The maximum absolute atomic E-state index is 12.4. The molecule has 1 aliphatic rings. The molecule has 0 unspecified atom stereocenters. The first-order chi connectivity index (χ1) is 7.43.